The van der Waals surface area contributed by atoms with Crippen molar-refractivity contribution in [3.05, 3.63) is 10.4 Å². The van der Waals surface area contributed by atoms with Crippen LogP contribution in [0.15, 0.2) is 10.4 Å². The molecule has 9 heavy (non-hydrogen) atoms. The molecule has 0 saturated carbocycles. The molecular formula is C4H7Cl2NOS. The van der Waals surface area contributed by atoms with E-state index in [0.29, 0.717) is 10.9 Å². The predicted octanol–water partition coefficient (Wildman–Crippen LogP) is 1.10. The summed E-state index contributed by atoms with van der Waals surface area (Å²) in [6, 6.07) is 0. The largest absolute Gasteiger partial charge is 0.236 e. The highest BCUT2D eigenvalue weighted by molar-refractivity contribution is 7.88. The Morgan fingerprint density at radius 1 is 1.89 bits per heavy atom. The smallest absolute Gasteiger partial charge is 0.139 e. The monoisotopic (exact) mass is 187 g/mol. The van der Waals surface area contributed by atoms with Crippen LogP contribution < -0.4 is 0 Å². The summed E-state index contributed by atoms with van der Waals surface area (Å²) in [6.07, 6.45) is 1.75. The SMILES string of the molecule is CN1CC=C(Cl)S1=O.Cl. The summed E-state index contributed by atoms with van der Waals surface area (Å²) in [4.78, 5) is 0. The minimum absolute atomic E-state index is 0. The molecule has 2 nitrogen and oxygen atoms in total. The summed E-state index contributed by atoms with van der Waals surface area (Å²) >= 11 is 5.48. The first-order chi connectivity index (χ1) is 3.72. The van der Waals surface area contributed by atoms with Crippen LogP contribution in [-0.2, 0) is 11.0 Å². The summed E-state index contributed by atoms with van der Waals surface area (Å²) in [5.41, 5.74) is 0. The first-order valence-electron chi connectivity index (χ1n) is 2.20. The Hall–Kier alpha value is 0.430. The summed E-state index contributed by atoms with van der Waals surface area (Å²) in [6.45, 7) is 0.700. The maximum absolute atomic E-state index is 10.7. The molecule has 0 bridgehead atoms. The van der Waals surface area contributed by atoms with E-state index in [9.17, 15) is 4.21 Å². The lowest BCUT2D eigenvalue weighted by Gasteiger charge is -2.02. The number of hydrogen-bond donors (Lipinski definition) is 0. The highest BCUT2D eigenvalue weighted by Crippen LogP contribution is 2.16. The summed E-state index contributed by atoms with van der Waals surface area (Å²) in [5, 5.41) is 0. The summed E-state index contributed by atoms with van der Waals surface area (Å²) < 4.78 is 12.9. The van der Waals surface area contributed by atoms with E-state index in [1.54, 1.807) is 17.4 Å². The number of nitrogens with zero attached hydrogens (tertiary/aromatic N) is 1. The Kier molecular flexibility index (Phi) is 3.73. The van der Waals surface area contributed by atoms with E-state index in [1.165, 1.54) is 0 Å². The van der Waals surface area contributed by atoms with Gasteiger partial charge in [0, 0.05) is 13.6 Å². The van der Waals surface area contributed by atoms with Gasteiger partial charge in [-0.1, -0.05) is 11.6 Å². The maximum atomic E-state index is 10.7. The normalized spacial score (nSPS) is 27.3. The fourth-order valence-corrected chi connectivity index (χ4v) is 1.64. The van der Waals surface area contributed by atoms with Crippen LogP contribution in [0.3, 0.4) is 0 Å². The first-order valence-corrected chi connectivity index (χ1v) is 3.69. The molecule has 0 N–H and O–H groups in total. The van der Waals surface area contributed by atoms with Gasteiger partial charge in [-0.15, -0.1) is 12.4 Å². The van der Waals surface area contributed by atoms with Crippen molar-refractivity contribution >= 4 is 35.0 Å². The molecule has 0 aromatic rings. The third-order valence-corrected chi connectivity index (χ3v) is 2.72. The Labute approximate surface area is 67.9 Å². The van der Waals surface area contributed by atoms with Gasteiger partial charge < -0.3 is 0 Å². The maximum Gasteiger partial charge on any atom is 0.139 e. The van der Waals surface area contributed by atoms with Crippen molar-refractivity contribution in [2.75, 3.05) is 13.6 Å². The Morgan fingerprint density at radius 2 is 2.44 bits per heavy atom. The number of likely N-dealkylation sites (N-methyl/N-ethyl adjacent to an activating group) is 1. The number of hydrogen-bond acceptors (Lipinski definition) is 1. The van der Waals surface area contributed by atoms with Crippen molar-refractivity contribution in [2.45, 2.75) is 0 Å². The summed E-state index contributed by atoms with van der Waals surface area (Å²) in [7, 11) is 0.713. The van der Waals surface area contributed by atoms with Gasteiger partial charge in [0.1, 0.15) is 15.3 Å². The van der Waals surface area contributed by atoms with E-state index in [2.05, 4.69) is 0 Å². The minimum Gasteiger partial charge on any atom is -0.236 e. The zero-order chi connectivity index (χ0) is 6.15. The second-order valence-corrected chi connectivity index (χ2v) is 3.76. The van der Waals surface area contributed by atoms with Crippen molar-refractivity contribution in [3.8, 4) is 0 Å². The van der Waals surface area contributed by atoms with Crippen LogP contribution in [0.5, 0.6) is 0 Å². The zero-order valence-corrected chi connectivity index (χ0v) is 7.22. The molecule has 0 spiro atoms. The molecule has 0 aromatic heterocycles. The van der Waals surface area contributed by atoms with Crippen LogP contribution in [0.25, 0.3) is 0 Å². The fourth-order valence-electron chi connectivity index (χ4n) is 0.488. The lowest BCUT2D eigenvalue weighted by Crippen LogP contribution is -2.14. The molecule has 54 valence electrons. The second kappa shape index (κ2) is 3.56. The first kappa shape index (κ1) is 9.43. The number of rotatable bonds is 0. The van der Waals surface area contributed by atoms with Gasteiger partial charge in [0.25, 0.3) is 0 Å². The molecule has 1 aliphatic rings. The van der Waals surface area contributed by atoms with E-state index < -0.39 is 11.0 Å². The van der Waals surface area contributed by atoms with E-state index in [1.807, 2.05) is 0 Å². The van der Waals surface area contributed by atoms with Crippen LogP contribution in [0.4, 0.5) is 0 Å². The van der Waals surface area contributed by atoms with Crippen LogP contribution in [0, 0.1) is 0 Å². The van der Waals surface area contributed by atoms with Crippen molar-refractivity contribution in [1.29, 1.82) is 0 Å². The predicted molar refractivity (Wildman–Crippen MR) is 42.0 cm³/mol. The molecule has 5 heteroatoms. The van der Waals surface area contributed by atoms with Gasteiger partial charge in [0.05, 0.1) is 0 Å². The van der Waals surface area contributed by atoms with E-state index in [0.717, 1.165) is 0 Å². The molecule has 1 unspecified atom stereocenters. The van der Waals surface area contributed by atoms with Crippen molar-refractivity contribution in [3.63, 3.8) is 0 Å². The third-order valence-electron chi connectivity index (χ3n) is 0.959. The number of halogens is 2. The highest BCUT2D eigenvalue weighted by atomic mass is 35.5. The van der Waals surface area contributed by atoms with E-state index in [4.69, 9.17) is 11.6 Å². The van der Waals surface area contributed by atoms with Gasteiger partial charge in [0.2, 0.25) is 0 Å². The van der Waals surface area contributed by atoms with E-state index >= 15 is 0 Å². The Morgan fingerprint density at radius 3 is 2.56 bits per heavy atom. The van der Waals surface area contributed by atoms with Gasteiger partial charge in [-0.05, 0) is 6.08 Å². The van der Waals surface area contributed by atoms with Crippen LogP contribution in [-0.4, -0.2) is 22.1 Å². The third kappa shape index (κ3) is 1.93. The molecule has 0 aromatic carbocycles. The topological polar surface area (TPSA) is 20.3 Å². The molecule has 0 aliphatic carbocycles. The van der Waals surface area contributed by atoms with Crippen molar-refractivity contribution < 1.29 is 4.21 Å². The lowest BCUT2D eigenvalue weighted by molar-refractivity contribution is 0.586. The van der Waals surface area contributed by atoms with Gasteiger partial charge in [-0.2, -0.15) is 0 Å². The standard InChI is InChI=1S/C4H6ClNOS.ClH/c1-6-3-2-4(5)8(6)7;/h2H,3H2,1H3;1H. The minimum atomic E-state index is -1.05. The Balaban J connectivity index is 0.000000640. The van der Waals surface area contributed by atoms with Gasteiger partial charge in [-0.25, -0.2) is 8.51 Å². The average molecular weight is 188 g/mol. The van der Waals surface area contributed by atoms with Crippen LogP contribution in [0.1, 0.15) is 0 Å². The van der Waals surface area contributed by atoms with Gasteiger partial charge in [-0.3, -0.25) is 0 Å². The quantitative estimate of drug-likeness (QED) is 0.557. The molecule has 0 saturated heterocycles. The van der Waals surface area contributed by atoms with Crippen molar-refractivity contribution in [1.82, 2.24) is 4.31 Å². The van der Waals surface area contributed by atoms with Gasteiger partial charge >= 0.3 is 0 Å². The molecule has 0 amide bonds. The summed E-state index contributed by atoms with van der Waals surface area (Å²) in [5.74, 6) is 0. The highest BCUT2D eigenvalue weighted by Gasteiger charge is 2.16. The molecule has 0 radical (unpaired) electrons. The van der Waals surface area contributed by atoms with Crippen LogP contribution >= 0.6 is 24.0 Å². The molecule has 1 heterocycles. The molecule has 1 aliphatic heterocycles. The van der Waals surface area contributed by atoms with Crippen LogP contribution in [0.2, 0.25) is 0 Å². The lowest BCUT2D eigenvalue weighted by atomic mass is 10.6. The molecular weight excluding hydrogens is 181 g/mol. The van der Waals surface area contributed by atoms with E-state index in [-0.39, 0.29) is 12.4 Å². The molecule has 1 atom stereocenters. The average Bonchev–Trinajstić information content (AvgIpc) is 1.98. The second-order valence-electron chi connectivity index (χ2n) is 1.57. The molecule has 0 fully saturated rings. The van der Waals surface area contributed by atoms with Gasteiger partial charge in [0.15, 0.2) is 0 Å². The molecule has 1 rings (SSSR count). The zero-order valence-electron chi connectivity index (χ0n) is 4.83. The Bertz CT molecular complexity index is 159. The van der Waals surface area contributed by atoms with Crippen molar-refractivity contribution in [2.24, 2.45) is 0 Å². The fraction of sp³-hybridized carbons (Fsp3) is 0.500.